The van der Waals surface area contributed by atoms with Crippen molar-refractivity contribution in [3.63, 3.8) is 0 Å². The molecule has 3 heteroatoms. The summed E-state index contributed by atoms with van der Waals surface area (Å²) < 4.78 is 0. The fraction of sp³-hybridized carbons (Fsp3) is 0.308. The Hall–Kier alpha value is 0.293. The normalized spacial score (nSPS) is 21.5. The number of rotatable bonds is 0. The monoisotopic (exact) mass is 332 g/mol. The number of hydrogen-bond acceptors (Lipinski definition) is 0. The van der Waals surface area contributed by atoms with Gasteiger partial charge in [-0.3, -0.25) is 6.08 Å². The maximum atomic E-state index is 2.99. The standard InChI is InChI=1S/C8H9.C5H5.2ClH.Zr/c1-2-7-4-5-8(3-1)6-7;1-2-4-5-3-1;;;/h1-2,4-5,8H,3,6H2;1-3H,4H2;2*1H;/q2*-1;;;+2. The predicted octanol–water partition coefficient (Wildman–Crippen LogP) is 4.24. The van der Waals surface area contributed by atoms with Gasteiger partial charge < -0.3 is 0 Å². The van der Waals surface area contributed by atoms with Gasteiger partial charge in [-0.25, -0.2) is 12.2 Å². The van der Waals surface area contributed by atoms with Crippen molar-refractivity contribution >= 4 is 24.8 Å². The first-order chi connectivity index (χ1) is 6.45. The fourth-order valence-corrected chi connectivity index (χ4v) is 1.72. The van der Waals surface area contributed by atoms with Crippen LogP contribution in [0.5, 0.6) is 0 Å². The third-order valence-electron chi connectivity index (χ3n) is 2.44. The summed E-state index contributed by atoms with van der Waals surface area (Å²) >= 11 is 0. The van der Waals surface area contributed by atoms with Crippen LogP contribution in [0.2, 0.25) is 0 Å². The van der Waals surface area contributed by atoms with Crippen LogP contribution in [0, 0.1) is 17.9 Å². The van der Waals surface area contributed by atoms with Gasteiger partial charge in [0.2, 0.25) is 0 Å². The van der Waals surface area contributed by atoms with Crippen molar-refractivity contribution in [2.75, 3.05) is 0 Å². The van der Waals surface area contributed by atoms with Crippen LogP contribution < -0.4 is 0 Å². The first kappa shape index (κ1) is 18.7. The molecule has 0 fully saturated rings. The van der Waals surface area contributed by atoms with Crippen LogP contribution >= 0.6 is 24.8 Å². The van der Waals surface area contributed by atoms with Crippen molar-refractivity contribution < 1.29 is 26.2 Å². The molecule has 0 saturated heterocycles. The van der Waals surface area contributed by atoms with Gasteiger partial charge in [0.05, 0.1) is 0 Å². The van der Waals surface area contributed by atoms with E-state index in [9.17, 15) is 0 Å². The molecule has 2 bridgehead atoms. The number of halogens is 2. The topological polar surface area (TPSA) is 0 Å². The van der Waals surface area contributed by atoms with Gasteiger partial charge in [0.25, 0.3) is 0 Å². The second-order valence-electron chi connectivity index (χ2n) is 3.54. The average Bonchev–Trinajstić information content (AvgIpc) is 2.80. The fourth-order valence-electron chi connectivity index (χ4n) is 1.72. The third kappa shape index (κ3) is 6.13. The zero-order valence-corrected chi connectivity index (χ0v) is 13.1. The van der Waals surface area contributed by atoms with Gasteiger partial charge >= 0.3 is 26.2 Å². The molecular weight excluding hydrogens is 318 g/mol. The van der Waals surface area contributed by atoms with E-state index in [1.54, 1.807) is 0 Å². The Morgan fingerprint density at radius 1 is 1.12 bits per heavy atom. The number of hydrogen-bond donors (Lipinski definition) is 0. The van der Waals surface area contributed by atoms with Gasteiger partial charge in [-0.2, -0.15) is 36.3 Å². The summed E-state index contributed by atoms with van der Waals surface area (Å²) in [6, 6.07) is 0. The van der Waals surface area contributed by atoms with Crippen molar-refractivity contribution in [2.45, 2.75) is 19.3 Å². The van der Waals surface area contributed by atoms with Gasteiger partial charge in [0, 0.05) is 0 Å². The van der Waals surface area contributed by atoms with Crippen molar-refractivity contribution in [2.24, 2.45) is 5.92 Å². The number of allylic oxidation sites excluding steroid dienone is 8. The van der Waals surface area contributed by atoms with E-state index in [0.29, 0.717) is 0 Å². The molecule has 86 valence electrons. The Morgan fingerprint density at radius 2 is 1.94 bits per heavy atom. The Bertz CT molecular complexity index is 268. The van der Waals surface area contributed by atoms with Crippen molar-refractivity contribution in [1.29, 1.82) is 0 Å². The molecule has 0 nitrogen and oxygen atoms in total. The van der Waals surface area contributed by atoms with Crippen LogP contribution in [0.15, 0.2) is 42.5 Å². The molecule has 0 aromatic rings. The summed E-state index contributed by atoms with van der Waals surface area (Å²) in [4.78, 5) is 0. The average molecular weight is 334 g/mol. The molecule has 3 aliphatic carbocycles. The molecule has 0 radical (unpaired) electrons. The number of fused-ring (bicyclic) bond motifs is 2. The SMILES string of the molecule is C1=C[C-]2C=CC(C1)C2.Cl.Cl.[C-]1=CC=CC1.[Zr+2]. The van der Waals surface area contributed by atoms with E-state index >= 15 is 0 Å². The molecule has 0 aromatic heterocycles. The van der Waals surface area contributed by atoms with E-state index in [0.717, 1.165) is 12.3 Å². The molecule has 3 rings (SSSR count). The third-order valence-corrected chi connectivity index (χ3v) is 2.44. The quantitative estimate of drug-likeness (QED) is 0.581. The van der Waals surface area contributed by atoms with Crippen LogP contribution in [0.25, 0.3) is 0 Å². The maximum Gasteiger partial charge on any atom is 2.00 e. The largest absolute Gasteiger partial charge is 2.00 e. The summed E-state index contributed by atoms with van der Waals surface area (Å²) in [5, 5.41) is 0. The second-order valence-corrected chi connectivity index (χ2v) is 3.54. The molecule has 0 aromatic carbocycles. The Labute approximate surface area is 130 Å². The van der Waals surface area contributed by atoms with Crippen LogP contribution in [0.1, 0.15) is 19.3 Å². The summed E-state index contributed by atoms with van der Waals surface area (Å²) in [6.45, 7) is 0. The second kappa shape index (κ2) is 10.4. The van der Waals surface area contributed by atoms with Gasteiger partial charge in [0.1, 0.15) is 0 Å². The van der Waals surface area contributed by atoms with E-state index in [1.807, 2.05) is 12.2 Å². The molecule has 0 saturated carbocycles. The zero-order valence-electron chi connectivity index (χ0n) is 9.06. The van der Waals surface area contributed by atoms with Crippen molar-refractivity contribution in [1.82, 2.24) is 0 Å². The molecule has 0 N–H and O–H groups in total. The molecule has 0 spiro atoms. The molecule has 0 heterocycles. The van der Waals surface area contributed by atoms with Gasteiger partial charge in [-0.15, -0.1) is 31.2 Å². The first-order valence-electron chi connectivity index (χ1n) is 4.87. The summed E-state index contributed by atoms with van der Waals surface area (Å²) in [5.74, 6) is 2.37. The minimum atomic E-state index is 0. The molecule has 1 unspecified atom stereocenters. The maximum absolute atomic E-state index is 2.99. The predicted molar refractivity (Wildman–Crippen MR) is 70.3 cm³/mol. The van der Waals surface area contributed by atoms with E-state index < -0.39 is 0 Å². The Balaban J connectivity index is 0. The Morgan fingerprint density at radius 3 is 2.38 bits per heavy atom. The van der Waals surface area contributed by atoms with Gasteiger partial charge in [0.15, 0.2) is 0 Å². The van der Waals surface area contributed by atoms with E-state index in [-0.39, 0.29) is 51.0 Å². The molecule has 16 heavy (non-hydrogen) atoms. The smallest absolute Gasteiger partial charge is 0.273 e. The molecule has 0 amide bonds. The van der Waals surface area contributed by atoms with Gasteiger partial charge in [-0.1, -0.05) is 18.8 Å². The molecule has 0 aliphatic heterocycles. The van der Waals surface area contributed by atoms with Crippen LogP contribution in [-0.4, -0.2) is 0 Å². The zero-order chi connectivity index (χ0) is 8.93. The van der Waals surface area contributed by atoms with E-state index in [4.69, 9.17) is 0 Å². The molecule has 3 aliphatic rings. The summed E-state index contributed by atoms with van der Waals surface area (Å²) in [7, 11) is 0. The van der Waals surface area contributed by atoms with E-state index in [2.05, 4.69) is 36.5 Å². The molecular formula is C13H16Cl2Zr. The van der Waals surface area contributed by atoms with Crippen molar-refractivity contribution in [3.05, 3.63) is 54.5 Å². The molecule has 1 atom stereocenters. The van der Waals surface area contributed by atoms with Crippen LogP contribution in [-0.2, 0) is 26.2 Å². The summed E-state index contributed by atoms with van der Waals surface area (Å²) in [5.41, 5.74) is 0. The van der Waals surface area contributed by atoms with E-state index in [1.165, 1.54) is 18.8 Å². The minimum Gasteiger partial charge on any atom is -0.273 e. The Kier molecular flexibility index (Phi) is 12.2. The van der Waals surface area contributed by atoms with Crippen LogP contribution in [0.4, 0.5) is 0 Å². The van der Waals surface area contributed by atoms with Crippen LogP contribution in [0.3, 0.4) is 0 Å². The first-order valence-corrected chi connectivity index (χ1v) is 4.87. The van der Waals surface area contributed by atoms with Crippen molar-refractivity contribution in [3.8, 4) is 0 Å². The summed E-state index contributed by atoms with van der Waals surface area (Å²) in [6.07, 6.45) is 21.6. The van der Waals surface area contributed by atoms with Gasteiger partial charge in [-0.05, 0) is 0 Å². The minimum absolute atomic E-state index is 0.